The Labute approximate surface area is 232 Å². The highest BCUT2D eigenvalue weighted by molar-refractivity contribution is 7.59. The summed E-state index contributed by atoms with van der Waals surface area (Å²) in [6.07, 6.45) is 4.51. The van der Waals surface area contributed by atoms with Crippen LogP contribution >= 0.6 is 27.0 Å². The number of carbonyl (C=O) groups is 2. The SMILES string of the molecule is CCN1C(=O)[C@@H](CC(=O)c2cccc(C)c2)[C@@H](c2ccc(F)cc2)c2c(C)nn(C3CCCC3)c21.S.S. The lowest BCUT2D eigenvalue weighted by Gasteiger charge is -2.38. The van der Waals surface area contributed by atoms with E-state index in [2.05, 4.69) is 4.68 Å². The molecular formula is C29H36FN3O2S2. The molecule has 2 aliphatic rings. The quantitative estimate of drug-likeness (QED) is 0.341. The van der Waals surface area contributed by atoms with Crippen LogP contribution in [0.3, 0.4) is 0 Å². The number of halogens is 1. The Hall–Kier alpha value is -2.58. The van der Waals surface area contributed by atoms with E-state index in [0.717, 1.165) is 53.9 Å². The molecule has 1 fully saturated rings. The van der Waals surface area contributed by atoms with Gasteiger partial charge in [-0.25, -0.2) is 9.07 Å². The first kappa shape index (κ1) is 29.0. The first-order chi connectivity index (χ1) is 16.9. The van der Waals surface area contributed by atoms with Crippen LogP contribution in [0, 0.1) is 25.6 Å². The molecule has 1 aliphatic heterocycles. The predicted molar refractivity (Wildman–Crippen MR) is 155 cm³/mol. The van der Waals surface area contributed by atoms with Crippen LogP contribution in [0.4, 0.5) is 10.2 Å². The van der Waals surface area contributed by atoms with Gasteiger partial charge in [0.1, 0.15) is 11.6 Å². The average molecular weight is 542 g/mol. The fourth-order valence-electron chi connectivity index (χ4n) is 5.95. The molecule has 2 heterocycles. The molecule has 2 atom stereocenters. The average Bonchev–Trinajstić information content (AvgIpc) is 3.49. The van der Waals surface area contributed by atoms with E-state index in [0.29, 0.717) is 12.1 Å². The first-order valence-corrected chi connectivity index (χ1v) is 12.6. The largest absolute Gasteiger partial charge is 0.297 e. The maximum Gasteiger partial charge on any atom is 0.232 e. The van der Waals surface area contributed by atoms with Gasteiger partial charge < -0.3 is 0 Å². The van der Waals surface area contributed by atoms with Crippen LogP contribution in [0.2, 0.25) is 0 Å². The minimum Gasteiger partial charge on any atom is -0.297 e. The number of anilines is 1. The number of fused-ring (bicyclic) bond motifs is 1. The standard InChI is InChI=1S/C29H32FN3O2.2H2S/c1-4-32-28-26(19(3)31-33(28)23-10-5-6-11-23)27(20-12-14-22(30)15-13-20)24(29(32)35)17-25(34)21-9-7-8-18(2)16-21;;/h7-9,12-16,23-24,27H,4-6,10-11,17H2,1-3H3;2*1H2/t24-,27+;;/m0../s1. The summed E-state index contributed by atoms with van der Waals surface area (Å²) >= 11 is 0. The van der Waals surface area contributed by atoms with E-state index in [-0.39, 0.29) is 62.9 Å². The van der Waals surface area contributed by atoms with Crippen LogP contribution in [0.15, 0.2) is 48.5 Å². The lowest BCUT2D eigenvalue weighted by atomic mass is 9.74. The zero-order valence-corrected chi connectivity index (χ0v) is 23.6. The molecule has 198 valence electrons. The number of aryl methyl sites for hydroxylation is 2. The van der Waals surface area contributed by atoms with Crippen molar-refractivity contribution in [2.45, 2.75) is 64.8 Å². The zero-order valence-electron chi connectivity index (χ0n) is 21.6. The molecule has 0 bridgehead atoms. The maximum absolute atomic E-state index is 14.0. The van der Waals surface area contributed by atoms with Crippen molar-refractivity contribution in [2.24, 2.45) is 5.92 Å². The van der Waals surface area contributed by atoms with Gasteiger partial charge in [-0.3, -0.25) is 14.5 Å². The minimum atomic E-state index is -0.583. The van der Waals surface area contributed by atoms with Crippen molar-refractivity contribution >= 4 is 44.5 Å². The Morgan fingerprint density at radius 3 is 2.35 bits per heavy atom. The number of Topliss-reactive ketones (excluding diaryl/α,β-unsaturated/α-hetero) is 1. The molecule has 1 aromatic heterocycles. The van der Waals surface area contributed by atoms with Crippen molar-refractivity contribution in [1.29, 1.82) is 0 Å². The zero-order chi connectivity index (χ0) is 24.7. The van der Waals surface area contributed by atoms with Gasteiger partial charge in [-0.1, -0.05) is 48.7 Å². The summed E-state index contributed by atoms with van der Waals surface area (Å²) in [5.74, 6) is -0.521. The highest BCUT2D eigenvalue weighted by Crippen LogP contribution is 2.48. The Morgan fingerprint density at radius 2 is 1.73 bits per heavy atom. The molecule has 2 aromatic carbocycles. The number of amides is 1. The van der Waals surface area contributed by atoms with Crippen LogP contribution in [0.1, 0.15) is 83.7 Å². The number of aromatic nitrogens is 2. The van der Waals surface area contributed by atoms with Gasteiger partial charge in [0.2, 0.25) is 5.91 Å². The molecule has 0 spiro atoms. The molecule has 1 saturated carbocycles. The van der Waals surface area contributed by atoms with Gasteiger partial charge in [0.15, 0.2) is 5.78 Å². The molecule has 37 heavy (non-hydrogen) atoms. The van der Waals surface area contributed by atoms with E-state index in [1.54, 1.807) is 12.1 Å². The molecule has 0 radical (unpaired) electrons. The summed E-state index contributed by atoms with van der Waals surface area (Å²) < 4.78 is 15.9. The van der Waals surface area contributed by atoms with Crippen molar-refractivity contribution in [3.63, 3.8) is 0 Å². The normalized spacial score (nSPS) is 19.2. The van der Waals surface area contributed by atoms with Gasteiger partial charge in [0.05, 0.1) is 17.7 Å². The topological polar surface area (TPSA) is 55.2 Å². The summed E-state index contributed by atoms with van der Waals surface area (Å²) in [5.41, 5.74) is 4.33. The van der Waals surface area contributed by atoms with Gasteiger partial charge >= 0.3 is 0 Å². The van der Waals surface area contributed by atoms with E-state index in [1.165, 1.54) is 12.1 Å². The van der Waals surface area contributed by atoms with Crippen molar-refractivity contribution in [1.82, 2.24) is 9.78 Å². The lowest BCUT2D eigenvalue weighted by molar-refractivity contribution is -0.123. The van der Waals surface area contributed by atoms with E-state index in [4.69, 9.17) is 5.10 Å². The summed E-state index contributed by atoms with van der Waals surface area (Å²) in [4.78, 5) is 29.3. The Bertz CT molecular complexity index is 1270. The molecule has 0 unspecified atom stereocenters. The molecule has 3 aromatic rings. The lowest BCUT2D eigenvalue weighted by Crippen LogP contribution is -2.45. The number of rotatable bonds is 6. The maximum atomic E-state index is 14.0. The first-order valence-electron chi connectivity index (χ1n) is 12.6. The van der Waals surface area contributed by atoms with Gasteiger partial charge in [-0.2, -0.15) is 32.1 Å². The predicted octanol–water partition coefficient (Wildman–Crippen LogP) is 6.37. The molecule has 1 amide bonds. The molecule has 1 aliphatic carbocycles. The van der Waals surface area contributed by atoms with E-state index in [1.807, 2.05) is 49.9 Å². The number of benzene rings is 2. The number of carbonyl (C=O) groups excluding carboxylic acids is 2. The van der Waals surface area contributed by atoms with E-state index in [9.17, 15) is 14.0 Å². The van der Waals surface area contributed by atoms with Gasteiger partial charge in [0, 0.05) is 30.0 Å². The van der Waals surface area contributed by atoms with Crippen molar-refractivity contribution in [3.8, 4) is 0 Å². The van der Waals surface area contributed by atoms with Crippen LogP contribution in [-0.2, 0) is 4.79 Å². The van der Waals surface area contributed by atoms with Gasteiger partial charge in [-0.05, 0) is 57.4 Å². The summed E-state index contributed by atoms with van der Waals surface area (Å²) in [6.45, 7) is 6.43. The van der Waals surface area contributed by atoms with Crippen molar-refractivity contribution in [2.75, 3.05) is 11.4 Å². The highest BCUT2D eigenvalue weighted by atomic mass is 32.1. The molecular weight excluding hydrogens is 505 g/mol. The molecule has 8 heteroatoms. The number of hydrogen-bond acceptors (Lipinski definition) is 3. The van der Waals surface area contributed by atoms with Crippen molar-refractivity contribution in [3.05, 3.63) is 82.3 Å². The summed E-state index contributed by atoms with van der Waals surface area (Å²) in [5, 5.41) is 4.95. The second-order valence-corrected chi connectivity index (χ2v) is 9.92. The fraction of sp³-hybridized carbons (Fsp3) is 0.414. The van der Waals surface area contributed by atoms with Crippen LogP contribution in [0.5, 0.6) is 0 Å². The summed E-state index contributed by atoms with van der Waals surface area (Å²) in [7, 11) is 0. The third-order valence-corrected chi connectivity index (χ3v) is 7.62. The molecule has 5 rings (SSSR count). The van der Waals surface area contributed by atoms with Crippen molar-refractivity contribution < 1.29 is 14.0 Å². The van der Waals surface area contributed by atoms with E-state index >= 15 is 0 Å². The van der Waals surface area contributed by atoms with Crippen LogP contribution in [0.25, 0.3) is 0 Å². The molecule has 5 nitrogen and oxygen atoms in total. The van der Waals surface area contributed by atoms with Crippen LogP contribution in [-0.4, -0.2) is 28.0 Å². The number of nitrogens with zero attached hydrogens (tertiary/aromatic N) is 3. The van der Waals surface area contributed by atoms with E-state index < -0.39 is 5.92 Å². The Morgan fingerprint density at radius 1 is 1.05 bits per heavy atom. The summed E-state index contributed by atoms with van der Waals surface area (Å²) in [6, 6.07) is 14.1. The Kier molecular flexibility index (Phi) is 9.29. The number of hydrogen-bond donors (Lipinski definition) is 0. The third-order valence-electron chi connectivity index (χ3n) is 7.62. The third kappa shape index (κ3) is 5.36. The fourth-order valence-corrected chi connectivity index (χ4v) is 5.95. The van der Waals surface area contributed by atoms with Crippen LogP contribution < -0.4 is 4.90 Å². The van der Waals surface area contributed by atoms with Gasteiger partial charge in [-0.15, -0.1) is 0 Å². The minimum absolute atomic E-state index is 0. The molecule has 0 N–H and O–H groups in total. The second kappa shape index (κ2) is 11.9. The highest BCUT2D eigenvalue weighted by Gasteiger charge is 2.46. The Balaban J connectivity index is 0.00000190. The number of ketones is 1. The van der Waals surface area contributed by atoms with Gasteiger partial charge in [0.25, 0.3) is 0 Å². The monoisotopic (exact) mass is 541 g/mol. The second-order valence-electron chi connectivity index (χ2n) is 9.92. The smallest absolute Gasteiger partial charge is 0.232 e. The molecule has 0 saturated heterocycles.